The Kier molecular flexibility index (Phi) is 3.98. The first-order valence-corrected chi connectivity index (χ1v) is 7.72. The third-order valence-corrected chi connectivity index (χ3v) is 4.84. The molecule has 1 aromatic carbocycles. The van der Waals surface area contributed by atoms with Crippen LogP contribution in [-0.4, -0.2) is 11.7 Å². The van der Waals surface area contributed by atoms with E-state index >= 15 is 0 Å². The zero-order valence-corrected chi connectivity index (χ0v) is 12.3. The minimum Gasteiger partial charge on any atom is -0.323 e. The summed E-state index contributed by atoms with van der Waals surface area (Å²) >= 11 is 5.82. The second-order valence-electron chi connectivity index (χ2n) is 6.01. The number of Topliss-reactive ketones (excluding diaryl/α,β-unsaturated/α-hetero) is 1. The van der Waals surface area contributed by atoms with Gasteiger partial charge in [-0.3, -0.25) is 9.59 Å². The number of rotatable bonds is 2. The van der Waals surface area contributed by atoms with Crippen molar-refractivity contribution in [1.82, 2.24) is 0 Å². The van der Waals surface area contributed by atoms with Gasteiger partial charge in [-0.2, -0.15) is 0 Å². The van der Waals surface area contributed by atoms with Gasteiger partial charge in [0, 0.05) is 22.8 Å². The molecule has 0 aromatic heterocycles. The molecule has 2 saturated carbocycles. The smallest absolute Gasteiger partial charge is 0.227 e. The van der Waals surface area contributed by atoms with E-state index in [1.807, 2.05) is 0 Å². The van der Waals surface area contributed by atoms with Gasteiger partial charge in [-0.05, 0) is 43.9 Å². The first kappa shape index (κ1) is 14.5. The van der Waals surface area contributed by atoms with Gasteiger partial charge in [0.15, 0.2) is 0 Å². The van der Waals surface area contributed by atoms with Crippen molar-refractivity contribution in [1.29, 1.82) is 0 Å². The largest absolute Gasteiger partial charge is 0.323 e. The van der Waals surface area contributed by atoms with Crippen molar-refractivity contribution in [3.63, 3.8) is 0 Å². The van der Waals surface area contributed by atoms with Gasteiger partial charge in [0.25, 0.3) is 0 Å². The lowest BCUT2D eigenvalue weighted by Gasteiger charge is -2.36. The van der Waals surface area contributed by atoms with Crippen LogP contribution in [0.5, 0.6) is 0 Å². The number of carbonyl (C=O) groups is 2. The van der Waals surface area contributed by atoms with Gasteiger partial charge in [-0.1, -0.05) is 18.0 Å². The van der Waals surface area contributed by atoms with E-state index in [0.29, 0.717) is 23.6 Å². The first-order valence-electron chi connectivity index (χ1n) is 7.34. The van der Waals surface area contributed by atoms with Crippen LogP contribution in [0, 0.1) is 23.6 Å². The number of anilines is 1. The lowest BCUT2D eigenvalue weighted by molar-refractivity contribution is -0.136. The molecule has 1 amide bonds. The number of carbonyl (C=O) groups excluding carboxylic acids is 2. The Morgan fingerprint density at radius 1 is 1.24 bits per heavy atom. The van der Waals surface area contributed by atoms with Crippen LogP contribution in [0.1, 0.15) is 32.1 Å². The highest BCUT2D eigenvalue weighted by molar-refractivity contribution is 6.30. The maximum absolute atomic E-state index is 13.7. The average molecular weight is 310 g/mol. The number of fused-ring (bicyclic) bond motifs is 2. The highest BCUT2D eigenvalue weighted by Gasteiger charge is 2.41. The quantitative estimate of drug-likeness (QED) is 0.903. The Labute approximate surface area is 127 Å². The van der Waals surface area contributed by atoms with Crippen LogP contribution in [0.25, 0.3) is 0 Å². The molecular formula is C16H17ClFNO2. The maximum Gasteiger partial charge on any atom is 0.227 e. The first-order chi connectivity index (χ1) is 10.0. The normalized spacial score (nSPS) is 28.3. The number of ketones is 1. The van der Waals surface area contributed by atoms with Crippen molar-refractivity contribution in [2.75, 3.05) is 5.32 Å². The van der Waals surface area contributed by atoms with E-state index in [2.05, 4.69) is 5.32 Å². The summed E-state index contributed by atoms with van der Waals surface area (Å²) in [6.45, 7) is 0. The van der Waals surface area contributed by atoms with Crippen LogP contribution < -0.4 is 5.32 Å². The van der Waals surface area contributed by atoms with Crippen molar-refractivity contribution in [2.45, 2.75) is 32.1 Å². The van der Waals surface area contributed by atoms with Crippen LogP contribution in [0.15, 0.2) is 18.2 Å². The fraction of sp³-hybridized carbons (Fsp3) is 0.500. The molecule has 2 unspecified atom stereocenters. The molecule has 3 rings (SSSR count). The van der Waals surface area contributed by atoms with Crippen molar-refractivity contribution in [3.05, 3.63) is 29.0 Å². The molecule has 3 nitrogen and oxygen atoms in total. The number of halogens is 2. The van der Waals surface area contributed by atoms with Crippen LogP contribution in [0.2, 0.25) is 5.02 Å². The van der Waals surface area contributed by atoms with Gasteiger partial charge >= 0.3 is 0 Å². The number of benzene rings is 1. The fourth-order valence-corrected chi connectivity index (χ4v) is 3.69. The minimum atomic E-state index is -0.500. The van der Waals surface area contributed by atoms with Gasteiger partial charge in [0.05, 0.1) is 5.69 Å². The van der Waals surface area contributed by atoms with E-state index in [1.54, 1.807) is 0 Å². The standard InChI is InChI=1S/C16H17ClFNO2/c17-12-4-5-13(18)14(8-12)19-16(21)11-6-9-2-1-3-10(7-11)15(9)20/h4-5,8-11H,1-3,6-7H2,(H,19,21). The monoisotopic (exact) mass is 309 g/mol. The van der Waals surface area contributed by atoms with E-state index in [4.69, 9.17) is 11.6 Å². The predicted molar refractivity (Wildman–Crippen MR) is 78.6 cm³/mol. The summed E-state index contributed by atoms with van der Waals surface area (Å²) in [5, 5.41) is 2.99. The fourth-order valence-electron chi connectivity index (χ4n) is 3.52. The molecule has 2 bridgehead atoms. The minimum absolute atomic E-state index is 0.0115. The van der Waals surface area contributed by atoms with Crippen LogP contribution >= 0.6 is 11.6 Å². The van der Waals surface area contributed by atoms with Crippen LogP contribution in [-0.2, 0) is 9.59 Å². The van der Waals surface area contributed by atoms with Crippen molar-refractivity contribution < 1.29 is 14.0 Å². The molecule has 0 spiro atoms. The third-order valence-electron chi connectivity index (χ3n) is 4.61. The Bertz CT molecular complexity index is 574. The maximum atomic E-state index is 13.7. The lowest BCUT2D eigenvalue weighted by atomic mass is 9.67. The molecule has 5 heteroatoms. The van der Waals surface area contributed by atoms with E-state index < -0.39 is 5.82 Å². The van der Waals surface area contributed by atoms with Crippen molar-refractivity contribution >= 4 is 29.0 Å². The molecule has 0 radical (unpaired) electrons. The summed E-state index contributed by atoms with van der Waals surface area (Å²) in [5.74, 6) is -0.578. The summed E-state index contributed by atoms with van der Waals surface area (Å²) in [4.78, 5) is 24.4. The zero-order chi connectivity index (χ0) is 15.0. The SMILES string of the molecule is O=C(Nc1cc(Cl)ccc1F)C1CC2CCCC(C1)C2=O. The molecular weight excluding hydrogens is 293 g/mol. The molecule has 1 N–H and O–H groups in total. The Hall–Kier alpha value is -1.42. The molecule has 112 valence electrons. The average Bonchev–Trinajstić information content (AvgIpc) is 2.42. The zero-order valence-electron chi connectivity index (χ0n) is 11.6. The van der Waals surface area contributed by atoms with Crippen LogP contribution in [0.4, 0.5) is 10.1 Å². The van der Waals surface area contributed by atoms with Crippen molar-refractivity contribution in [3.8, 4) is 0 Å². The van der Waals surface area contributed by atoms with E-state index in [9.17, 15) is 14.0 Å². The summed E-state index contributed by atoms with van der Waals surface area (Å²) < 4.78 is 13.7. The highest BCUT2D eigenvalue weighted by atomic mass is 35.5. The molecule has 0 aliphatic heterocycles. The van der Waals surface area contributed by atoms with Gasteiger partial charge < -0.3 is 5.32 Å². The number of amides is 1. The van der Waals surface area contributed by atoms with Gasteiger partial charge in [-0.15, -0.1) is 0 Å². The summed E-state index contributed by atoms with van der Waals surface area (Å²) in [6, 6.07) is 4.08. The van der Waals surface area contributed by atoms with Gasteiger partial charge in [0.2, 0.25) is 5.91 Å². The third kappa shape index (κ3) is 2.95. The van der Waals surface area contributed by atoms with Gasteiger partial charge in [-0.25, -0.2) is 4.39 Å². The predicted octanol–water partition coefficient (Wildman–Crippen LogP) is 3.81. The summed E-state index contributed by atoms with van der Waals surface area (Å²) in [5.41, 5.74) is 0.106. The Balaban J connectivity index is 1.71. The Morgan fingerprint density at radius 3 is 2.57 bits per heavy atom. The number of nitrogens with one attached hydrogen (secondary N) is 1. The van der Waals surface area contributed by atoms with E-state index in [1.165, 1.54) is 18.2 Å². The van der Waals surface area contributed by atoms with Gasteiger partial charge in [0.1, 0.15) is 11.6 Å². The molecule has 2 aliphatic rings. The molecule has 1 aromatic rings. The second kappa shape index (κ2) is 5.76. The molecule has 0 heterocycles. The molecule has 21 heavy (non-hydrogen) atoms. The van der Waals surface area contributed by atoms with Crippen LogP contribution in [0.3, 0.4) is 0 Å². The number of hydrogen-bond donors (Lipinski definition) is 1. The number of hydrogen-bond acceptors (Lipinski definition) is 2. The molecule has 2 fully saturated rings. The topological polar surface area (TPSA) is 46.2 Å². The summed E-state index contributed by atoms with van der Waals surface area (Å²) in [7, 11) is 0. The Morgan fingerprint density at radius 2 is 1.90 bits per heavy atom. The van der Waals surface area contributed by atoms with Crippen molar-refractivity contribution in [2.24, 2.45) is 17.8 Å². The lowest BCUT2D eigenvalue weighted by Crippen LogP contribution is -2.40. The summed E-state index contributed by atoms with van der Waals surface area (Å²) in [6.07, 6.45) is 4.00. The van der Waals surface area contributed by atoms with E-state index in [-0.39, 0.29) is 29.3 Å². The second-order valence-corrected chi connectivity index (χ2v) is 6.45. The highest BCUT2D eigenvalue weighted by Crippen LogP contribution is 2.40. The molecule has 2 atom stereocenters. The van der Waals surface area contributed by atoms with E-state index in [0.717, 1.165) is 19.3 Å². The molecule has 0 saturated heterocycles. The molecule has 2 aliphatic carbocycles.